The number of nitrogens with one attached hydrogen (secondary N) is 2. The average Bonchev–Trinajstić information content (AvgIpc) is 2.90. The Morgan fingerprint density at radius 3 is 2.67 bits per heavy atom. The molecule has 0 saturated heterocycles. The van der Waals surface area contributed by atoms with Gasteiger partial charge in [-0.15, -0.1) is 0 Å². The zero-order valence-corrected chi connectivity index (χ0v) is 11.5. The molecule has 1 heterocycles. The molecule has 2 aromatic carbocycles. The fourth-order valence-corrected chi connectivity index (χ4v) is 2.20. The van der Waals surface area contributed by atoms with Crippen LogP contribution in [0.5, 0.6) is 0 Å². The molecule has 3 aromatic rings. The number of aromatic amines is 1. The number of H-pyrrole nitrogens is 1. The zero-order valence-electron chi connectivity index (χ0n) is 11.5. The lowest BCUT2D eigenvalue weighted by atomic mass is 10.1. The average molecular weight is 275 g/mol. The molecule has 1 aromatic heterocycles. The van der Waals surface area contributed by atoms with Crippen molar-refractivity contribution in [1.29, 1.82) is 5.26 Å². The number of aromatic nitrogens is 1. The van der Waals surface area contributed by atoms with Gasteiger partial charge in [-0.1, -0.05) is 17.7 Å². The van der Waals surface area contributed by atoms with E-state index in [2.05, 4.69) is 16.4 Å². The second-order valence-corrected chi connectivity index (χ2v) is 4.89. The number of hydrogen-bond donors (Lipinski definition) is 2. The fourth-order valence-electron chi connectivity index (χ4n) is 2.20. The normalized spacial score (nSPS) is 10.3. The quantitative estimate of drug-likeness (QED) is 0.750. The largest absolute Gasteiger partial charge is 0.360 e. The summed E-state index contributed by atoms with van der Waals surface area (Å²) in [5, 5.41) is 12.7. The van der Waals surface area contributed by atoms with Crippen molar-refractivity contribution in [3.8, 4) is 6.07 Å². The summed E-state index contributed by atoms with van der Waals surface area (Å²) in [5.74, 6) is -0.164. The van der Waals surface area contributed by atoms with Gasteiger partial charge < -0.3 is 10.3 Å². The minimum absolute atomic E-state index is 0.164. The first-order valence-corrected chi connectivity index (χ1v) is 6.56. The first kappa shape index (κ1) is 12.9. The third-order valence-electron chi connectivity index (χ3n) is 3.37. The highest BCUT2D eigenvalue weighted by atomic mass is 16.1. The molecule has 0 atom stereocenters. The van der Waals surface area contributed by atoms with Crippen LogP contribution in [0.1, 0.15) is 21.5 Å². The summed E-state index contributed by atoms with van der Waals surface area (Å²) in [6, 6.07) is 15.0. The molecule has 4 heteroatoms. The second-order valence-electron chi connectivity index (χ2n) is 4.89. The third-order valence-corrected chi connectivity index (χ3v) is 3.37. The fraction of sp³-hybridized carbons (Fsp3) is 0.0588. The van der Waals surface area contributed by atoms with Crippen LogP contribution < -0.4 is 5.32 Å². The van der Waals surface area contributed by atoms with Crippen LogP contribution >= 0.6 is 0 Å². The van der Waals surface area contributed by atoms with Crippen molar-refractivity contribution in [2.45, 2.75) is 6.92 Å². The maximum atomic E-state index is 12.2. The van der Waals surface area contributed by atoms with E-state index < -0.39 is 0 Å². The van der Waals surface area contributed by atoms with E-state index in [4.69, 9.17) is 5.26 Å². The Labute approximate surface area is 122 Å². The molecule has 0 radical (unpaired) electrons. The minimum Gasteiger partial charge on any atom is -0.360 e. The van der Waals surface area contributed by atoms with Crippen LogP contribution in [0.15, 0.2) is 48.7 Å². The molecule has 0 saturated carbocycles. The molecular formula is C17H13N3O. The zero-order chi connectivity index (χ0) is 14.8. The number of amides is 1. The van der Waals surface area contributed by atoms with E-state index >= 15 is 0 Å². The molecule has 0 bridgehead atoms. The molecule has 3 rings (SSSR count). The summed E-state index contributed by atoms with van der Waals surface area (Å²) in [6.07, 6.45) is 1.66. The SMILES string of the molecule is Cc1ccc(C(=O)Nc2ccc3[nH]cc(C#N)c3c2)cc1. The Morgan fingerprint density at radius 2 is 1.95 bits per heavy atom. The highest BCUT2D eigenvalue weighted by molar-refractivity contribution is 6.05. The van der Waals surface area contributed by atoms with Crippen molar-refractivity contribution in [1.82, 2.24) is 4.98 Å². The van der Waals surface area contributed by atoms with Crippen molar-refractivity contribution in [2.75, 3.05) is 5.32 Å². The van der Waals surface area contributed by atoms with Gasteiger partial charge in [0.15, 0.2) is 0 Å². The number of fused-ring (bicyclic) bond motifs is 1. The molecule has 0 spiro atoms. The van der Waals surface area contributed by atoms with Crippen LogP contribution in [0, 0.1) is 18.3 Å². The number of nitrogens with zero attached hydrogens (tertiary/aromatic N) is 1. The summed E-state index contributed by atoms with van der Waals surface area (Å²) < 4.78 is 0. The number of nitriles is 1. The molecular weight excluding hydrogens is 262 g/mol. The topological polar surface area (TPSA) is 68.7 Å². The van der Waals surface area contributed by atoms with Gasteiger partial charge in [0.1, 0.15) is 6.07 Å². The summed E-state index contributed by atoms with van der Waals surface area (Å²) in [5.41, 5.74) is 3.83. The van der Waals surface area contributed by atoms with Gasteiger partial charge in [0.05, 0.1) is 5.56 Å². The number of anilines is 1. The predicted octanol–water partition coefficient (Wildman–Crippen LogP) is 3.60. The second kappa shape index (κ2) is 5.14. The molecule has 1 amide bonds. The molecule has 102 valence electrons. The van der Waals surface area contributed by atoms with E-state index in [1.54, 1.807) is 24.4 Å². The first-order valence-electron chi connectivity index (χ1n) is 6.56. The van der Waals surface area contributed by atoms with E-state index in [-0.39, 0.29) is 5.91 Å². The number of aryl methyl sites for hydroxylation is 1. The molecule has 0 fully saturated rings. The van der Waals surface area contributed by atoms with Crippen LogP contribution in [0.2, 0.25) is 0 Å². The lowest BCUT2D eigenvalue weighted by Crippen LogP contribution is -2.11. The summed E-state index contributed by atoms with van der Waals surface area (Å²) in [7, 11) is 0. The molecule has 2 N–H and O–H groups in total. The van der Waals surface area contributed by atoms with Crippen molar-refractivity contribution in [3.05, 3.63) is 65.4 Å². The van der Waals surface area contributed by atoms with Crippen LogP contribution in [-0.2, 0) is 0 Å². The number of carbonyl (C=O) groups is 1. The van der Waals surface area contributed by atoms with Crippen molar-refractivity contribution >= 4 is 22.5 Å². The van der Waals surface area contributed by atoms with Gasteiger partial charge in [0.2, 0.25) is 0 Å². The Bertz CT molecular complexity index is 854. The maximum absolute atomic E-state index is 12.2. The summed E-state index contributed by atoms with van der Waals surface area (Å²) in [6.45, 7) is 1.98. The van der Waals surface area contributed by atoms with Gasteiger partial charge in [-0.3, -0.25) is 4.79 Å². The molecule has 0 unspecified atom stereocenters. The molecule has 0 aliphatic rings. The van der Waals surface area contributed by atoms with Gasteiger partial charge in [-0.2, -0.15) is 5.26 Å². The van der Waals surface area contributed by atoms with Crippen molar-refractivity contribution in [3.63, 3.8) is 0 Å². The van der Waals surface area contributed by atoms with E-state index in [1.807, 2.05) is 31.2 Å². The lowest BCUT2D eigenvalue weighted by molar-refractivity contribution is 0.102. The van der Waals surface area contributed by atoms with E-state index in [1.165, 1.54) is 0 Å². The molecule has 4 nitrogen and oxygen atoms in total. The van der Waals surface area contributed by atoms with Gasteiger partial charge in [0, 0.05) is 28.4 Å². The maximum Gasteiger partial charge on any atom is 0.255 e. The number of benzene rings is 2. The summed E-state index contributed by atoms with van der Waals surface area (Å²) >= 11 is 0. The Balaban J connectivity index is 1.89. The van der Waals surface area contributed by atoms with Crippen molar-refractivity contribution in [2.24, 2.45) is 0 Å². The smallest absolute Gasteiger partial charge is 0.255 e. The predicted molar refractivity (Wildman–Crippen MR) is 82.1 cm³/mol. The van der Waals surface area contributed by atoms with Crippen molar-refractivity contribution < 1.29 is 4.79 Å². The van der Waals surface area contributed by atoms with Gasteiger partial charge in [-0.05, 0) is 37.3 Å². The van der Waals surface area contributed by atoms with Gasteiger partial charge in [0.25, 0.3) is 5.91 Å². The lowest BCUT2D eigenvalue weighted by Gasteiger charge is -2.06. The number of carbonyl (C=O) groups excluding carboxylic acids is 1. The van der Waals surface area contributed by atoms with Gasteiger partial charge >= 0.3 is 0 Å². The van der Waals surface area contributed by atoms with E-state index in [0.717, 1.165) is 16.5 Å². The van der Waals surface area contributed by atoms with Crippen LogP contribution in [0.3, 0.4) is 0 Å². The van der Waals surface area contributed by atoms with Crippen LogP contribution in [-0.4, -0.2) is 10.9 Å². The Hall–Kier alpha value is -3.06. The third kappa shape index (κ3) is 2.49. The van der Waals surface area contributed by atoms with E-state index in [9.17, 15) is 4.79 Å². The highest BCUT2D eigenvalue weighted by Crippen LogP contribution is 2.22. The molecule has 21 heavy (non-hydrogen) atoms. The minimum atomic E-state index is -0.164. The monoisotopic (exact) mass is 275 g/mol. The van der Waals surface area contributed by atoms with Gasteiger partial charge in [-0.25, -0.2) is 0 Å². The Morgan fingerprint density at radius 1 is 1.19 bits per heavy atom. The van der Waals surface area contributed by atoms with Crippen LogP contribution in [0.25, 0.3) is 10.9 Å². The number of rotatable bonds is 2. The number of hydrogen-bond acceptors (Lipinski definition) is 2. The van der Waals surface area contributed by atoms with E-state index in [0.29, 0.717) is 16.8 Å². The van der Waals surface area contributed by atoms with Crippen LogP contribution in [0.4, 0.5) is 5.69 Å². The molecule has 0 aliphatic carbocycles. The Kier molecular flexibility index (Phi) is 3.17. The standard InChI is InChI=1S/C17H13N3O/c1-11-2-4-12(5-3-11)17(21)20-14-6-7-16-15(8-14)13(9-18)10-19-16/h2-8,10,19H,1H3,(H,20,21). The first-order chi connectivity index (χ1) is 10.2. The highest BCUT2D eigenvalue weighted by Gasteiger charge is 2.08. The molecule has 0 aliphatic heterocycles. The summed E-state index contributed by atoms with van der Waals surface area (Å²) in [4.78, 5) is 15.2.